The molecule has 0 aliphatic carbocycles. The second-order valence-electron chi connectivity index (χ2n) is 4.83. The average Bonchev–Trinajstić information content (AvgIpc) is 2.84. The molecule has 4 heteroatoms. The summed E-state index contributed by atoms with van der Waals surface area (Å²) >= 11 is 0. The lowest BCUT2D eigenvalue weighted by Gasteiger charge is -1.98. The fourth-order valence-corrected chi connectivity index (χ4v) is 2.24. The van der Waals surface area contributed by atoms with E-state index in [1.165, 1.54) is 0 Å². The summed E-state index contributed by atoms with van der Waals surface area (Å²) in [7, 11) is 0. The molecule has 0 bridgehead atoms. The van der Waals surface area contributed by atoms with Gasteiger partial charge in [-0.05, 0) is 30.2 Å². The number of aryl methyl sites for hydroxylation is 1. The molecule has 0 aliphatic heterocycles. The minimum Gasteiger partial charge on any atom is -0.476 e. The molecule has 0 unspecified atom stereocenters. The second-order valence-corrected chi connectivity index (χ2v) is 4.83. The fraction of sp³-hybridized carbons (Fsp3) is 0.0588. The van der Waals surface area contributed by atoms with Crippen LogP contribution in [0, 0.1) is 6.92 Å². The number of nitrogens with zero attached hydrogens (tertiary/aromatic N) is 2. The van der Waals surface area contributed by atoms with Crippen LogP contribution in [-0.4, -0.2) is 20.5 Å². The molecule has 0 spiro atoms. The van der Waals surface area contributed by atoms with Crippen molar-refractivity contribution in [3.63, 3.8) is 0 Å². The Bertz CT molecular complexity index is 833. The number of fused-ring (bicyclic) bond motifs is 1. The van der Waals surface area contributed by atoms with Gasteiger partial charge in [0.1, 0.15) is 5.65 Å². The topological polar surface area (TPSA) is 54.6 Å². The highest BCUT2D eigenvalue weighted by Crippen LogP contribution is 2.17. The molecule has 0 atom stereocenters. The summed E-state index contributed by atoms with van der Waals surface area (Å²) in [5.74, 6) is -0.985. The number of pyridine rings is 1. The fourth-order valence-electron chi connectivity index (χ4n) is 2.24. The number of hydrogen-bond acceptors (Lipinski definition) is 2. The van der Waals surface area contributed by atoms with Crippen LogP contribution in [0.2, 0.25) is 0 Å². The van der Waals surface area contributed by atoms with Crippen LogP contribution in [0.4, 0.5) is 0 Å². The lowest BCUT2D eigenvalue weighted by atomic mass is 10.2. The molecule has 0 radical (unpaired) electrons. The van der Waals surface area contributed by atoms with Gasteiger partial charge in [-0.2, -0.15) is 0 Å². The van der Waals surface area contributed by atoms with E-state index in [0.717, 1.165) is 11.1 Å². The Labute approximate surface area is 122 Å². The predicted molar refractivity (Wildman–Crippen MR) is 82.3 cm³/mol. The Hall–Kier alpha value is -2.88. The van der Waals surface area contributed by atoms with Crippen LogP contribution >= 0.6 is 0 Å². The molecule has 0 saturated heterocycles. The molecule has 1 aromatic carbocycles. The number of benzene rings is 1. The van der Waals surface area contributed by atoms with Crippen molar-refractivity contribution in [3.8, 4) is 0 Å². The minimum atomic E-state index is -0.985. The van der Waals surface area contributed by atoms with E-state index in [-0.39, 0.29) is 5.69 Å². The van der Waals surface area contributed by atoms with Gasteiger partial charge in [-0.15, -0.1) is 0 Å². The van der Waals surface area contributed by atoms with Gasteiger partial charge < -0.3 is 5.11 Å². The quantitative estimate of drug-likeness (QED) is 0.797. The van der Waals surface area contributed by atoms with Crippen LogP contribution < -0.4 is 0 Å². The number of carboxylic acids is 1. The third kappa shape index (κ3) is 2.56. The van der Waals surface area contributed by atoms with Crippen molar-refractivity contribution in [1.82, 2.24) is 9.38 Å². The first kappa shape index (κ1) is 13.1. The number of imidazole rings is 1. The summed E-state index contributed by atoms with van der Waals surface area (Å²) in [6.07, 6.45) is 5.38. The van der Waals surface area contributed by atoms with Gasteiger partial charge in [0.05, 0.1) is 5.69 Å². The Morgan fingerprint density at radius 2 is 1.90 bits per heavy atom. The second kappa shape index (κ2) is 5.25. The summed E-state index contributed by atoms with van der Waals surface area (Å²) < 4.78 is 1.61. The van der Waals surface area contributed by atoms with Crippen molar-refractivity contribution in [2.75, 3.05) is 0 Å². The van der Waals surface area contributed by atoms with E-state index in [4.69, 9.17) is 0 Å². The van der Waals surface area contributed by atoms with Gasteiger partial charge in [0, 0.05) is 6.20 Å². The molecule has 3 rings (SSSR count). The molecular weight excluding hydrogens is 264 g/mol. The lowest BCUT2D eigenvalue weighted by Crippen LogP contribution is -2.03. The maximum atomic E-state index is 11.5. The summed E-state index contributed by atoms with van der Waals surface area (Å²) in [4.78, 5) is 15.9. The largest absolute Gasteiger partial charge is 0.476 e. The lowest BCUT2D eigenvalue weighted by molar-refractivity contribution is 0.0689. The third-order valence-electron chi connectivity index (χ3n) is 3.23. The molecule has 0 aliphatic rings. The molecular formula is C17H14N2O2. The first-order valence-corrected chi connectivity index (χ1v) is 6.60. The molecule has 1 N–H and O–H groups in total. The van der Waals surface area contributed by atoms with E-state index in [2.05, 4.69) is 4.98 Å². The van der Waals surface area contributed by atoms with Crippen LogP contribution in [0.15, 0.2) is 48.7 Å². The standard InChI is InChI=1S/C17H14N2O2/c1-12-7-10-15-18-14(16(17(20)21)19(15)11-12)9-8-13-5-3-2-4-6-13/h2-11H,1H3,(H,20,21)/b9-8+. The molecule has 104 valence electrons. The zero-order valence-corrected chi connectivity index (χ0v) is 11.5. The number of aromatic nitrogens is 2. The Kier molecular flexibility index (Phi) is 3.28. The predicted octanol–water partition coefficient (Wildman–Crippen LogP) is 3.51. The normalized spacial score (nSPS) is 11.3. The van der Waals surface area contributed by atoms with E-state index >= 15 is 0 Å². The molecule has 3 aromatic rings. The third-order valence-corrected chi connectivity index (χ3v) is 3.23. The van der Waals surface area contributed by atoms with Crippen molar-refractivity contribution in [2.45, 2.75) is 6.92 Å². The highest BCUT2D eigenvalue weighted by Gasteiger charge is 2.16. The van der Waals surface area contributed by atoms with Gasteiger partial charge in [0.25, 0.3) is 0 Å². The Morgan fingerprint density at radius 3 is 2.62 bits per heavy atom. The van der Waals surface area contributed by atoms with Crippen LogP contribution in [0.1, 0.15) is 27.3 Å². The van der Waals surface area contributed by atoms with E-state index < -0.39 is 5.97 Å². The maximum Gasteiger partial charge on any atom is 0.355 e. The van der Waals surface area contributed by atoms with Crippen LogP contribution in [-0.2, 0) is 0 Å². The first-order chi connectivity index (χ1) is 10.1. The van der Waals surface area contributed by atoms with Crippen molar-refractivity contribution < 1.29 is 9.90 Å². The Morgan fingerprint density at radius 1 is 1.14 bits per heavy atom. The van der Waals surface area contributed by atoms with Gasteiger partial charge >= 0.3 is 5.97 Å². The van der Waals surface area contributed by atoms with Gasteiger partial charge in [0.2, 0.25) is 0 Å². The van der Waals surface area contributed by atoms with Crippen LogP contribution in [0.3, 0.4) is 0 Å². The van der Waals surface area contributed by atoms with Crippen molar-refractivity contribution in [2.24, 2.45) is 0 Å². The van der Waals surface area contributed by atoms with E-state index in [0.29, 0.717) is 11.3 Å². The van der Waals surface area contributed by atoms with E-state index in [1.54, 1.807) is 16.7 Å². The highest BCUT2D eigenvalue weighted by atomic mass is 16.4. The van der Waals surface area contributed by atoms with Gasteiger partial charge in [0.15, 0.2) is 5.69 Å². The number of hydrogen-bond donors (Lipinski definition) is 1. The molecule has 4 nitrogen and oxygen atoms in total. The number of rotatable bonds is 3. The summed E-state index contributed by atoms with van der Waals surface area (Å²) in [5, 5.41) is 9.45. The van der Waals surface area contributed by atoms with Gasteiger partial charge in [-0.3, -0.25) is 4.40 Å². The highest BCUT2D eigenvalue weighted by molar-refractivity contribution is 5.92. The molecule has 0 saturated carbocycles. The van der Waals surface area contributed by atoms with Crippen molar-refractivity contribution >= 4 is 23.8 Å². The minimum absolute atomic E-state index is 0.181. The maximum absolute atomic E-state index is 11.5. The number of carbonyl (C=O) groups is 1. The molecule has 21 heavy (non-hydrogen) atoms. The van der Waals surface area contributed by atoms with Crippen LogP contribution in [0.5, 0.6) is 0 Å². The summed E-state index contributed by atoms with van der Waals surface area (Å²) in [6.45, 7) is 1.92. The van der Waals surface area contributed by atoms with E-state index in [1.807, 2.05) is 55.5 Å². The number of carboxylic acid groups (broad SMARTS) is 1. The molecule has 2 aromatic heterocycles. The molecule has 2 heterocycles. The summed E-state index contributed by atoms with van der Waals surface area (Å²) in [6, 6.07) is 13.5. The Balaban J connectivity index is 2.12. The van der Waals surface area contributed by atoms with E-state index in [9.17, 15) is 9.90 Å². The average molecular weight is 278 g/mol. The zero-order chi connectivity index (χ0) is 14.8. The van der Waals surface area contributed by atoms with Crippen LogP contribution in [0.25, 0.3) is 17.8 Å². The number of aromatic carboxylic acids is 1. The monoisotopic (exact) mass is 278 g/mol. The van der Waals surface area contributed by atoms with Gasteiger partial charge in [-0.25, -0.2) is 9.78 Å². The smallest absolute Gasteiger partial charge is 0.355 e. The van der Waals surface area contributed by atoms with Crippen molar-refractivity contribution in [3.05, 3.63) is 71.2 Å². The molecule has 0 fully saturated rings. The summed E-state index contributed by atoms with van der Waals surface area (Å²) in [5.41, 5.74) is 3.26. The van der Waals surface area contributed by atoms with Crippen molar-refractivity contribution in [1.29, 1.82) is 0 Å². The van der Waals surface area contributed by atoms with Gasteiger partial charge in [-0.1, -0.05) is 42.5 Å². The molecule has 0 amide bonds. The first-order valence-electron chi connectivity index (χ1n) is 6.60. The SMILES string of the molecule is Cc1ccc2nc(/C=C/c3ccccc3)c(C(=O)O)n2c1. The zero-order valence-electron chi connectivity index (χ0n) is 11.5.